The van der Waals surface area contributed by atoms with E-state index in [1.165, 1.54) is 0 Å². The third-order valence-electron chi connectivity index (χ3n) is 5.36. The van der Waals surface area contributed by atoms with Crippen molar-refractivity contribution in [3.63, 3.8) is 0 Å². The standard InChI is InChI=1S/C22H25ClN4O2/c1-14(2)19-11-20(26-25-19)22(28)27-9-3-4-16(13-27)21-24-12-18(29-21)10-15-5-7-17(23)8-6-15/h5-8,11-12,14,16H,3-4,9-10,13H2,1-2H3,(H,25,26). The summed E-state index contributed by atoms with van der Waals surface area (Å²) in [6, 6.07) is 9.57. The number of hydrogen-bond donors (Lipinski definition) is 1. The highest BCUT2D eigenvalue weighted by atomic mass is 35.5. The lowest BCUT2D eigenvalue weighted by Gasteiger charge is -2.30. The van der Waals surface area contributed by atoms with Crippen molar-refractivity contribution in [3.8, 4) is 0 Å². The molecule has 1 aromatic carbocycles. The molecule has 1 saturated heterocycles. The highest BCUT2D eigenvalue weighted by molar-refractivity contribution is 6.30. The number of hydrogen-bond acceptors (Lipinski definition) is 4. The molecule has 0 spiro atoms. The number of benzene rings is 1. The van der Waals surface area contributed by atoms with Gasteiger partial charge in [0.2, 0.25) is 0 Å². The Morgan fingerprint density at radius 2 is 2.14 bits per heavy atom. The Hall–Kier alpha value is -2.60. The van der Waals surface area contributed by atoms with Crippen molar-refractivity contribution >= 4 is 17.5 Å². The van der Waals surface area contributed by atoms with Gasteiger partial charge in [0.1, 0.15) is 11.5 Å². The van der Waals surface area contributed by atoms with Crippen LogP contribution in [0.2, 0.25) is 5.02 Å². The number of aromatic amines is 1. The molecule has 1 aliphatic rings. The lowest BCUT2D eigenvalue weighted by Crippen LogP contribution is -2.39. The van der Waals surface area contributed by atoms with Gasteiger partial charge < -0.3 is 9.32 Å². The maximum Gasteiger partial charge on any atom is 0.274 e. The Labute approximate surface area is 175 Å². The Kier molecular flexibility index (Phi) is 5.72. The molecule has 29 heavy (non-hydrogen) atoms. The van der Waals surface area contributed by atoms with Crippen molar-refractivity contribution in [2.75, 3.05) is 13.1 Å². The van der Waals surface area contributed by atoms with Crippen molar-refractivity contribution < 1.29 is 9.21 Å². The summed E-state index contributed by atoms with van der Waals surface area (Å²) in [5, 5.41) is 7.88. The lowest BCUT2D eigenvalue weighted by molar-refractivity contribution is 0.0692. The van der Waals surface area contributed by atoms with Gasteiger partial charge in [-0.25, -0.2) is 4.98 Å². The molecule has 1 fully saturated rings. The monoisotopic (exact) mass is 412 g/mol. The van der Waals surface area contributed by atoms with E-state index in [4.69, 9.17) is 16.0 Å². The molecule has 152 valence electrons. The first-order valence-corrected chi connectivity index (χ1v) is 10.4. The molecule has 1 atom stereocenters. The molecule has 6 nitrogen and oxygen atoms in total. The van der Waals surface area contributed by atoms with Crippen molar-refractivity contribution in [2.45, 2.75) is 44.9 Å². The topological polar surface area (TPSA) is 75.0 Å². The average molecular weight is 413 g/mol. The van der Waals surface area contributed by atoms with Crippen molar-refractivity contribution in [1.29, 1.82) is 0 Å². The van der Waals surface area contributed by atoms with Gasteiger partial charge in [0.05, 0.1) is 12.1 Å². The van der Waals surface area contributed by atoms with E-state index in [9.17, 15) is 4.79 Å². The molecule has 4 rings (SSSR count). The summed E-state index contributed by atoms with van der Waals surface area (Å²) in [5.74, 6) is 1.90. The minimum Gasteiger partial charge on any atom is -0.445 e. The zero-order valence-corrected chi connectivity index (χ0v) is 17.4. The average Bonchev–Trinajstić information content (AvgIpc) is 3.39. The van der Waals surface area contributed by atoms with E-state index in [2.05, 4.69) is 29.0 Å². The van der Waals surface area contributed by atoms with Crippen LogP contribution < -0.4 is 0 Å². The van der Waals surface area contributed by atoms with E-state index in [0.29, 0.717) is 30.5 Å². The van der Waals surface area contributed by atoms with Gasteiger partial charge >= 0.3 is 0 Å². The summed E-state index contributed by atoms with van der Waals surface area (Å²) < 4.78 is 6.02. The van der Waals surface area contributed by atoms with E-state index in [-0.39, 0.29) is 11.8 Å². The van der Waals surface area contributed by atoms with Crippen LogP contribution in [-0.2, 0) is 6.42 Å². The normalized spacial score (nSPS) is 17.1. The highest BCUT2D eigenvalue weighted by Gasteiger charge is 2.29. The van der Waals surface area contributed by atoms with E-state index >= 15 is 0 Å². The predicted octanol–water partition coefficient (Wildman–Crippen LogP) is 4.79. The highest BCUT2D eigenvalue weighted by Crippen LogP contribution is 2.28. The van der Waals surface area contributed by atoms with Gasteiger partial charge in [-0.15, -0.1) is 0 Å². The third kappa shape index (κ3) is 4.53. The second-order valence-corrected chi connectivity index (χ2v) is 8.36. The van der Waals surface area contributed by atoms with Crippen molar-refractivity contribution in [1.82, 2.24) is 20.1 Å². The number of aromatic nitrogens is 3. The summed E-state index contributed by atoms with van der Waals surface area (Å²) in [4.78, 5) is 19.2. The van der Waals surface area contributed by atoms with E-state index in [0.717, 1.165) is 41.4 Å². The van der Waals surface area contributed by atoms with Crippen LogP contribution in [0.5, 0.6) is 0 Å². The molecule has 2 aromatic heterocycles. The maximum absolute atomic E-state index is 12.9. The van der Waals surface area contributed by atoms with Crippen LogP contribution in [-0.4, -0.2) is 39.1 Å². The van der Waals surface area contributed by atoms with Gasteiger partial charge in [-0.05, 0) is 42.5 Å². The number of halogens is 1. The molecule has 1 N–H and O–H groups in total. The van der Waals surface area contributed by atoms with Gasteiger partial charge in [-0.3, -0.25) is 9.89 Å². The number of amides is 1. The van der Waals surface area contributed by atoms with Crippen LogP contribution in [0.1, 0.15) is 71.9 Å². The fraction of sp³-hybridized carbons (Fsp3) is 0.409. The molecular formula is C22H25ClN4O2. The van der Waals surface area contributed by atoms with Gasteiger partial charge in [-0.1, -0.05) is 37.6 Å². The second kappa shape index (κ2) is 8.41. The third-order valence-corrected chi connectivity index (χ3v) is 5.61. The zero-order chi connectivity index (χ0) is 20.4. The number of piperidine rings is 1. The minimum atomic E-state index is -0.0363. The number of likely N-dealkylation sites (tertiary alicyclic amines) is 1. The minimum absolute atomic E-state index is 0.0363. The van der Waals surface area contributed by atoms with Gasteiger partial charge in [0, 0.05) is 30.2 Å². The molecule has 1 unspecified atom stereocenters. The lowest BCUT2D eigenvalue weighted by atomic mass is 9.97. The summed E-state index contributed by atoms with van der Waals surface area (Å²) in [5.41, 5.74) is 2.57. The largest absolute Gasteiger partial charge is 0.445 e. The molecule has 0 aliphatic carbocycles. The van der Waals surface area contributed by atoms with Crippen LogP contribution >= 0.6 is 11.6 Å². The molecule has 3 heterocycles. The number of nitrogens with zero attached hydrogens (tertiary/aromatic N) is 3. The van der Waals surface area contributed by atoms with E-state index in [1.54, 1.807) is 6.20 Å². The van der Waals surface area contributed by atoms with Crippen molar-refractivity contribution in [3.05, 3.63) is 70.2 Å². The van der Waals surface area contributed by atoms with Crippen molar-refractivity contribution in [2.24, 2.45) is 0 Å². The molecule has 1 aliphatic heterocycles. The van der Waals surface area contributed by atoms with Crippen LogP contribution in [0.4, 0.5) is 0 Å². The quantitative estimate of drug-likeness (QED) is 0.654. The zero-order valence-electron chi connectivity index (χ0n) is 16.7. The first kappa shape index (κ1) is 19.7. The van der Waals surface area contributed by atoms with Crippen LogP contribution in [0.25, 0.3) is 0 Å². The Bertz CT molecular complexity index is 977. The molecule has 0 bridgehead atoms. The van der Waals surface area contributed by atoms with Gasteiger partial charge in [-0.2, -0.15) is 5.10 Å². The summed E-state index contributed by atoms with van der Waals surface area (Å²) in [6.45, 7) is 5.48. The Morgan fingerprint density at radius 3 is 2.86 bits per heavy atom. The number of nitrogens with one attached hydrogen (secondary N) is 1. The van der Waals surface area contributed by atoms with Crippen LogP contribution in [0.15, 0.2) is 40.9 Å². The van der Waals surface area contributed by atoms with Crippen LogP contribution in [0.3, 0.4) is 0 Å². The first-order chi connectivity index (χ1) is 14.0. The van der Waals surface area contributed by atoms with E-state index in [1.807, 2.05) is 35.2 Å². The molecule has 1 amide bonds. The molecular weight excluding hydrogens is 388 g/mol. The SMILES string of the molecule is CC(C)c1cc(C(=O)N2CCCC(c3ncc(Cc4ccc(Cl)cc4)o3)C2)n[nH]1. The number of oxazole rings is 1. The first-order valence-electron chi connectivity index (χ1n) is 10.0. The summed E-state index contributed by atoms with van der Waals surface area (Å²) in [7, 11) is 0. The number of H-pyrrole nitrogens is 1. The predicted molar refractivity (Wildman–Crippen MR) is 111 cm³/mol. The summed E-state index contributed by atoms with van der Waals surface area (Å²) >= 11 is 5.95. The van der Waals surface area contributed by atoms with Gasteiger partial charge in [0.15, 0.2) is 5.89 Å². The molecule has 3 aromatic rings. The number of carbonyl (C=O) groups is 1. The Balaban J connectivity index is 1.42. The second-order valence-electron chi connectivity index (χ2n) is 7.92. The molecule has 0 saturated carbocycles. The van der Waals surface area contributed by atoms with E-state index < -0.39 is 0 Å². The van der Waals surface area contributed by atoms with Gasteiger partial charge in [0.25, 0.3) is 5.91 Å². The molecule has 7 heteroatoms. The molecule has 0 radical (unpaired) electrons. The fourth-order valence-corrected chi connectivity index (χ4v) is 3.79. The Morgan fingerprint density at radius 1 is 1.34 bits per heavy atom. The number of rotatable bonds is 5. The smallest absolute Gasteiger partial charge is 0.274 e. The van der Waals surface area contributed by atoms with Crippen LogP contribution in [0, 0.1) is 0 Å². The summed E-state index contributed by atoms with van der Waals surface area (Å²) in [6.07, 6.45) is 4.34. The number of carbonyl (C=O) groups excluding carboxylic acids is 1. The fourth-order valence-electron chi connectivity index (χ4n) is 3.66. The maximum atomic E-state index is 12.9.